The van der Waals surface area contributed by atoms with Gasteiger partial charge in [-0.2, -0.15) is 0 Å². The van der Waals surface area contributed by atoms with Crippen LogP contribution in [0.1, 0.15) is 12.5 Å². The van der Waals surface area contributed by atoms with Crippen LogP contribution in [-0.2, 0) is 11.2 Å². The fourth-order valence-electron chi connectivity index (χ4n) is 2.75. The molecule has 118 valence electrons. The van der Waals surface area contributed by atoms with Crippen LogP contribution < -0.4 is 10.1 Å². The smallest absolute Gasteiger partial charge is 0.216 e. The van der Waals surface area contributed by atoms with Crippen LogP contribution in [-0.4, -0.2) is 19.6 Å². The highest BCUT2D eigenvalue weighted by Crippen LogP contribution is 2.35. The van der Waals surface area contributed by atoms with Gasteiger partial charge in [0.1, 0.15) is 5.75 Å². The summed E-state index contributed by atoms with van der Waals surface area (Å²) in [5.41, 5.74) is 2.45. The SMILES string of the molecule is COc1ccc2c(-c3cccs3)ccc(CCNC(C)=O)c2c1. The van der Waals surface area contributed by atoms with E-state index in [-0.39, 0.29) is 5.91 Å². The molecular weight excluding hydrogens is 306 g/mol. The van der Waals surface area contributed by atoms with Crippen LogP contribution in [0.2, 0.25) is 0 Å². The van der Waals surface area contributed by atoms with Crippen molar-refractivity contribution >= 4 is 28.0 Å². The molecule has 0 radical (unpaired) electrons. The highest BCUT2D eigenvalue weighted by atomic mass is 32.1. The fourth-order valence-corrected chi connectivity index (χ4v) is 3.52. The molecule has 1 amide bonds. The molecule has 2 aromatic carbocycles. The maximum absolute atomic E-state index is 11.1. The quantitative estimate of drug-likeness (QED) is 0.761. The van der Waals surface area contributed by atoms with E-state index in [1.807, 2.05) is 6.07 Å². The van der Waals surface area contributed by atoms with E-state index < -0.39 is 0 Å². The Morgan fingerprint density at radius 3 is 2.74 bits per heavy atom. The van der Waals surface area contributed by atoms with Gasteiger partial charge in [-0.25, -0.2) is 0 Å². The van der Waals surface area contributed by atoms with Gasteiger partial charge in [-0.05, 0) is 51.9 Å². The van der Waals surface area contributed by atoms with Gasteiger partial charge in [0.05, 0.1) is 7.11 Å². The molecule has 0 aliphatic heterocycles. The predicted molar refractivity (Wildman–Crippen MR) is 96.2 cm³/mol. The van der Waals surface area contributed by atoms with E-state index in [2.05, 4.69) is 47.1 Å². The molecule has 23 heavy (non-hydrogen) atoms. The lowest BCUT2D eigenvalue weighted by atomic mass is 9.96. The van der Waals surface area contributed by atoms with Crippen molar-refractivity contribution in [3.8, 4) is 16.2 Å². The number of nitrogens with one attached hydrogen (secondary N) is 1. The average Bonchev–Trinajstić information content (AvgIpc) is 3.08. The number of hydrogen-bond acceptors (Lipinski definition) is 3. The van der Waals surface area contributed by atoms with Gasteiger partial charge in [0.15, 0.2) is 0 Å². The molecule has 0 fully saturated rings. The van der Waals surface area contributed by atoms with Crippen molar-refractivity contribution < 1.29 is 9.53 Å². The van der Waals surface area contributed by atoms with Crippen molar-refractivity contribution in [1.82, 2.24) is 5.32 Å². The molecule has 1 aromatic heterocycles. The Kier molecular flexibility index (Phi) is 4.63. The largest absolute Gasteiger partial charge is 0.497 e. The van der Waals surface area contributed by atoms with Gasteiger partial charge in [-0.15, -0.1) is 11.3 Å². The first-order valence-electron chi connectivity index (χ1n) is 7.57. The zero-order chi connectivity index (χ0) is 16.2. The molecule has 0 saturated heterocycles. The van der Waals surface area contributed by atoms with Crippen molar-refractivity contribution in [3.05, 3.63) is 53.4 Å². The van der Waals surface area contributed by atoms with E-state index in [1.54, 1.807) is 25.4 Å². The number of hydrogen-bond donors (Lipinski definition) is 1. The minimum Gasteiger partial charge on any atom is -0.497 e. The summed E-state index contributed by atoms with van der Waals surface area (Å²) in [6, 6.07) is 14.7. The Morgan fingerprint density at radius 2 is 2.04 bits per heavy atom. The minimum absolute atomic E-state index is 0.00194. The summed E-state index contributed by atoms with van der Waals surface area (Å²) < 4.78 is 5.38. The maximum atomic E-state index is 11.1. The van der Waals surface area contributed by atoms with Crippen LogP contribution >= 0.6 is 11.3 Å². The van der Waals surface area contributed by atoms with Crippen molar-refractivity contribution in [2.75, 3.05) is 13.7 Å². The van der Waals surface area contributed by atoms with Crippen LogP contribution in [0.5, 0.6) is 5.75 Å². The summed E-state index contributed by atoms with van der Waals surface area (Å²) in [6.45, 7) is 2.18. The minimum atomic E-state index is 0.00194. The number of amides is 1. The monoisotopic (exact) mass is 325 g/mol. The summed E-state index contributed by atoms with van der Waals surface area (Å²) in [6.07, 6.45) is 0.800. The molecule has 0 spiro atoms. The van der Waals surface area contributed by atoms with Crippen LogP contribution in [0.25, 0.3) is 21.2 Å². The van der Waals surface area contributed by atoms with Gasteiger partial charge >= 0.3 is 0 Å². The molecule has 0 aliphatic rings. The van der Waals surface area contributed by atoms with Crippen molar-refractivity contribution in [2.24, 2.45) is 0 Å². The third kappa shape index (κ3) is 3.37. The van der Waals surface area contributed by atoms with Gasteiger partial charge in [-0.1, -0.05) is 24.3 Å². The lowest BCUT2D eigenvalue weighted by Crippen LogP contribution is -2.22. The summed E-state index contributed by atoms with van der Waals surface area (Å²) in [5, 5.41) is 7.35. The number of ether oxygens (including phenoxy) is 1. The van der Waals surface area contributed by atoms with E-state index in [0.29, 0.717) is 6.54 Å². The van der Waals surface area contributed by atoms with Crippen LogP contribution in [0, 0.1) is 0 Å². The highest BCUT2D eigenvalue weighted by molar-refractivity contribution is 7.13. The van der Waals surface area contributed by atoms with E-state index in [4.69, 9.17) is 4.74 Å². The molecule has 3 rings (SSSR count). The molecule has 4 heteroatoms. The molecule has 3 aromatic rings. The average molecular weight is 325 g/mol. The zero-order valence-electron chi connectivity index (χ0n) is 13.3. The lowest BCUT2D eigenvalue weighted by Gasteiger charge is -2.12. The number of rotatable bonds is 5. The van der Waals surface area contributed by atoms with E-state index in [1.165, 1.54) is 26.8 Å². The van der Waals surface area contributed by atoms with Gasteiger partial charge in [-0.3, -0.25) is 4.79 Å². The van der Waals surface area contributed by atoms with Crippen LogP contribution in [0.3, 0.4) is 0 Å². The number of benzene rings is 2. The summed E-state index contributed by atoms with van der Waals surface area (Å²) in [7, 11) is 1.68. The second kappa shape index (κ2) is 6.84. The molecule has 0 unspecified atom stereocenters. The van der Waals surface area contributed by atoms with Crippen molar-refractivity contribution in [2.45, 2.75) is 13.3 Å². The van der Waals surface area contributed by atoms with Crippen LogP contribution in [0.15, 0.2) is 47.8 Å². The normalized spacial score (nSPS) is 10.7. The second-order valence-electron chi connectivity index (χ2n) is 5.39. The van der Waals surface area contributed by atoms with E-state index >= 15 is 0 Å². The predicted octanol–water partition coefficient (Wildman–Crippen LogP) is 4.26. The Hall–Kier alpha value is -2.33. The van der Waals surface area contributed by atoms with Crippen LogP contribution in [0.4, 0.5) is 0 Å². The third-order valence-corrected chi connectivity index (χ3v) is 4.77. The maximum Gasteiger partial charge on any atom is 0.216 e. The molecule has 0 aliphatic carbocycles. The summed E-state index contributed by atoms with van der Waals surface area (Å²) in [5.74, 6) is 0.851. The zero-order valence-corrected chi connectivity index (χ0v) is 14.1. The first-order chi connectivity index (χ1) is 11.2. The topological polar surface area (TPSA) is 38.3 Å². The summed E-state index contributed by atoms with van der Waals surface area (Å²) in [4.78, 5) is 12.3. The molecule has 3 nitrogen and oxygen atoms in total. The first kappa shape index (κ1) is 15.6. The third-order valence-electron chi connectivity index (χ3n) is 3.87. The Morgan fingerprint density at radius 1 is 1.17 bits per heavy atom. The number of carbonyl (C=O) groups is 1. The molecule has 0 atom stereocenters. The number of thiophene rings is 1. The number of fused-ring (bicyclic) bond motifs is 1. The Balaban J connectivity index is 2.06. The molecule has 1 N–H and O–H groups in total. The standard InChI is InChI=1S/C19H19NO2S/c1-13(21)20-10-9-14-5-7-17(19-4-3-11-23-19)16-8-6-15(22-2)12-18(14)16/h3-8,11-12H,9-10H2,1-2H3,(H,20,21). The van der Waals surface area contributed by atoms with Crippen molar-refractivity contribution in [3.63, 3.8) is 0 Å². The Labute approximate surface area is 139 Å². The second-order valence-corrected chi connectivity index (χ2v) is 6.34. The molecule has 0 bridgehead atoms. The van der Waals surface area contributed by atoms with Gasteiger partial charge in [0, 0.05) is 18.3 Å². The van der Waals surface area contributed by atoms with Crippen molar-refractivity contribution in [1.29, 1.82) is 0 Å². The Bertz CT molecular complexity index is 825. The van der Waals surface area contributed by atoms with E-state index in [0.717, 1.165) is 12.2 Å². The van der Waals surface area contributed by atoms with E-state index in [9.17, 15) is 4.79 Å². The van der Waals surface area contributed by atoms with Gasteiger partial charge < -0.3 is 10.1 Å². The molecular formula is C19H19NO2S. The fraction of sp³-hybridized carbons (Fsp3) is 0.211. The highest BCUT2D eigenvalue weighted by Gasteiger charge is 2.10. The van der Waals surface area contributed by atoms with Gasteiger partial charge in [0.2, 0.25) is 5.91 Å². The number of carbonyl (C=O) groups excluding carboxylic acids is 1. The first-order valence-corrected chi connectivity index (χ1v) is 8.45. The van der Waals surface area contributed by atoms with Gasteiger partial charge in [0.25, 0.3) is 0 Å². The summed E-state index contributed by atoms with van der Waals surface area (Å²) >= 11 is 1.74. The molecule has 0 saturated carbocycles. The lowest BCUT2D eigenvalue weighted by molar-refractivity contribution is -0.118. The number of methoxy groups -OCH3 is 1. The molecule has 1 heterocycles.